The van der Waals surface area contributed by atoms with Gasteiger partial charge in [0.05, 0.1) is 0 Å². The fourth-order valence-corrected chi connectivity index (χ4v) is 4.17. The van der Waals surface area contributed by atoms with E-state index in [2.05, 4.69) is 0 Å². The Bertz CT molecular complexity index is 625. The van der Waals surface area contributed by atoms with E-state index in [0.29, 0.717) is 0 Å². The highest BCUT2D eigenvalue weighted by Gasteiger charge is 2.43. The molecular formula is C18H19F2NO. The Morgan fingerprint density at radius 3 is 2.09 bits per heavy atom. The van der Waals surface area contributed by atoms with Gasteiger partial charge in [-0.25, -0.2) is 8.78 Å². The quantitative estimate of drug-likeness (QED) is 0.712. The first-order valence-electron chi connectivity index (χ1n) is 8.11. The van der Waals surface area contributed by atoms with Gasteiger partial charge in [-0.15, -0.1) is 0 Å². The number of amides is 1. The molecule has 2 bridgehead atoms. The van der Waals surface area contributed by atoms with Crippen LogP contribution in [-0.4, -0.2) is 22.9 Å². The average molecular weight is 303 g/mol. The van der Waals surface area contributed by atoms with E-state index in [-0.39, 0.29) is 17.6 Å². The molecule has 0 N–H and O–H groups in total. The lowest BCUT2D eigenvalue weighted by Gasteiger charge is -2.38. The molecular weight excluding hydrogens is 284 g/mol. The highest BCUT2D eigenvalue weighted by Crippen LogP contribution is 2.43. The molecule has 1 aromatic rings. The van der Waals surface area contributed by atoms with E-state index in [1.54, 1.807) is 10.5 Å². The van der Waals surface area contributed by atoms with Crippen molar-refractivity contribution in [1.82, 2.24) is 4.90 Å². The van der Waals surface area contributed by atoms with E-state index < -0.39 is 17.5 Å². The van der Waals surface area contributed by atoms with Gasteiger partial charge in [-0.3, -0.25) is 4.79 Å². The molecule has 0 spiro atoms. The van der Waals surface area contributed by atoms with Gasteiger partial charge < -0.3 is 4.90 Å². The maximum absolute atomic E-state index is 13.9. The number of allylic oxidation sites excluding steroid dienone is 1. The molecule has 2 nitrogen and oxygen atoms in total. The van der Waals surface area contributed by atoms with Crippen molar-refractivity contribution in [3.8, 4) is 0 Å². The smallest absolute Gasteiger partial charge is 0.260 e. The van der Waals surface area contributed by atoms with Gasteiger partial charge in [0.25, 0.3) is 5.91 Å². The second-order valence-corrected chi connectivity index (χ2v) is 6.66. The predicted molar refractivity (Wildman–Crippen MR) is 79.4 cm³/mol. The molecule has 1 aliphatic carbocycles. The standard InChI is InChI=1S/C18H19F2NO/c19-15-5-2-6-16(20)17(15)18(22)21-13-7-8-14(21)10-12(9-13)11-3-1-4-11/h2,5-6,13-14H,1,3-4,7-10H2. The summed E-state index contributed by atoms with van der Waals surface area (Å²) in [5.41, 5.74) is 2.69. The van der Waals surface area contributed by atoms with Gasteiger partial charge in [-0.05, 0) is 57.1 Å². The normalized spacial score (nSPS) is 27.1. The molecule has 2 heterocycles. The van der Waals surface area contributed by atoms with Gasteiger partial charge in [-0.2, -0.15) is 0 Å². The van der Waals surface area contributed by atoms with Crippen LogP contribution in [-0.2, 0) is 0 Å². The summed E-state index contributed by atoms with van der Waals surface area (Å²) in [6, 6.07) is 3.85. The number of carbonyl (C=O) groups excluding carboxylic acids is 1. The second-order valence-electron chi connectivity index (χ2n) is 6.66. The van der Waals surface area contributed by atoms with E-state index in [0.717, 1.165) is 37.8 Å². The predicted octanol–water partition coefficient (Wildman–Crippen LogP) is 4.21. The van der Waals surface area contributed by atoms with Crippen molar-refractivity contribution in [2.75, 3.05) is 0 Å². The van der Waals surface area contributed by atoms with Crippen molar-refractivity contribution in [2.24, 2.45) is 0 Å². The second kappa shape index (κ2) is 5.18. The molecule has 116 valence electrons. The van der Waals surface area contributed by atoms with Crippen LogP contribution in [0.3, 0.4) is 0 Å². The Balaban J connectivity index is 1.63. The summed E-state index contributed by atoms with van der Waals surface area (Å²) in [4.78, 5) is 14.4. The lowest BCUT2D eigenvalue weighted by molar-refractivity contribution is 0.0622. The van der Waals surface area contributed by atoms with Crippen LogP contribution in [0.5, 0.6) is 0 Å². The Kier molecular flexibility index (Phi) is 3.28. The molecule has 1 amide bonds. The number of fused-ring (bicyclic) bond motifs is 2. The Labute approximate surface area is 128 Å². The van der Waals surface area contributed by atoms with Crippen LogP contribution < -0.4 is 0 Å². The van der Waals surface area contributed by atoms with Crippen molar-refractivity contribution < 1.29 is 13.6 Å². The van der Waals surface area contributed by atoms with Gasteiger partial charge in [0.15, 0.2) is 0 Å². The molecule has 1 saturated carbocycles. The molecule has 4 rings (SSSR count). The van der Waals surface area contributed by atoms with Crippen molar-refractivity contribution in [3.63, 3.8) is 0 Å². The summed E-state index contributed by atoms with van der Waals surface area (Å²) in [7, 11) is 0. The van der Waals surface area contributed by atoms with Gasteiger partial charge in [-0.1, -0.05) is 17.2 Å². The van der Waals surface area contributed by atoms with Crippen LogP contribution >= 0.6 is 0 Å². The number of nitrogens with zero attached hydrogens (tertiary/aromatic N) is 1. The topological polar surface area (TPSA) is 20.3 Å². The fourth-order valence-electron chi connectivity index (χ4n) is 4.17. The molecule has 1 aromatic carbocycles. The number of benzene rings is 1. The summed E-state index contributed by atoms with van der Waals surface area (Å²) >= 11 is 0. The largest absolute Gasteiger partial charge is 0.332 e. The Hall–Kier alpha value is -1.71. The van der Waals surface area contributed by atoms with E-state index in [1.807, 2.05) is 0 Å². The fraction of sp³-hybridized carbons (Fsp3) is 0.500. The van der Waals surface area contributed by atoms with Crippen LogP contribution in [0.15, 0.2) is 29.3 Å². The monoisotopic (exact) mass is 303 g/mol. The van der Waals surface area contributed by atoms with Crippen LogP contribution in [0, 0.1) is 11.6 Å². The maximum Gasteiger partial charge on any atom is 0.260 e. The van der Waals surface area contributed by atoms with Crippen molar-refractivity contribution in [3.05, 3.63) is 46.5 Å². The van der Waals surface area contributed by atoms with Crippen LogP contribution in [0.2, 0.25) is 0 Å². The summed E-state index contributed by atoms with van der Waals surface area (Å²) in [6.45, 7) is 0. The molecule has 3 fully saturated rings. The first kappa shape index (κ1) is 13.9. The highest BCUT2D eigenvalue weighted by atomic mass is 19.1. The van der Waals surface area contributed by atoms with E-state index in [4.69, 9.17) is 0 Å². The molecule has 4 heteroatoms. The molecule has 0 radical (unpaired) electrons. The molecule has 2 aliphatic heterocycles. The Morgan fingerprint density at radius 1 is 1.00 bits per heavy atom. The van der Waals surface area contributed by atoms with Crippen molar-refractivity contribution >= 4 is 5.91 Å². The lowest BCUT2D eigenvalue weighted by Crippen LogP contribution is -2.45. The van der Waals surface area contributed by atoms with Gasteiger partial charge in [0, 0.05) is 12.1 Å². The molecule has 2 saturated heterocycles. The van der Waals surface area contributed by atoms with Crippen molar-refractivity contribution in [2.45, 2.75) is 57.0 Å². The Morgan fingerprint density at radius 2 is 1.59 bits per heavy atom. The third kappa shape index (κ3) is 2.08. The van der Waals surface area contributed by atoms with Gasteiger partial charge in [0.2, 0.25) is 0 Å². The number of carbonyl (C=O) groups is 1. The highest BCUT2D eigenvalue weighted by molar-refractivity contribution is 5.95. The molecule has 2 atom stereocenters. The molecule has 0 aromatic heterocycles. The van der Waals surface area contributed by atoms with Crippen LogP contribution in [0.4, 0.5) is 8.78 Å². The number of piperidine rings is 1. The number of hydrogen-bond acceptors (Lipinski definition) is 1. The first-order valence-corrected chi connectivity index (χ1v) is 8.11. The molecule has 3 aliphatic rings. The minimum atomic E-state index is -0.757. The van der Waals surface area contributed by atoms with Crippen molar-refractivity contribution in [1.29, 1.82) is 0 Å². The summed E-state index contributed by atoms with van der Waals surface area (Å²) < 4.78 is 27.8. The maximum atomic E-state index is 13.9. The average Bonchev–Trinajstić information content (AvgIpc) is 2.68. The minimum Gasteiger partial charge on any atom is -0.332 e. The van der Waals surface area contributed by atoms with Crippen LogP contribution in [0.1, 0.15) is 55.3 Å². The number of rotatable bonds is 1. The zero-order valence-corrected chi connectivity index (χ0v) is 12.4. The summed E-state index contributed by atoms with van der Waals surface area (Å²) in [5.74, 6) is -1.99. The van der Waals surface area contributed by atoms with Crippen LogP contribution in [0.25, 0.3) is 0 Å². The minimum absolute atomic E-state index is 0.119. The van der Waals surface area contributed by atoms with E-state index in [1.165, 1.54) is 30.9 Å². The zero-order chi connectivity index (χ0) is 15.3. The zero-order valence-electron chi connectivity index (χ0n) is 12.4. The summed E-state index contributed by atoms with van der Waals surface area (Å²) in [6.07, 6.45) is 7.36. The number of hydrogen-bond donors (Lipinski definition) is 0. The first-order chi connectivity index (χ1) is 10.6. The van der Waals surface area contributed by atoms with Gasteiger partial charge >= 0.3 is 0 Å². The lowest BCUT2D eigenvalue weighted by atomic mass is 9.82. The van der Waals surface area contributed by atoms with E-state index in [9.17, 15) is 13.6 Å². The SMILES string of the molecule is O=C(c1c(F)cccc1F)N1C2CCC1CC(=C1CCC1)C2. The third-order valence-corrected chi connectivity index (χ3v) is 5.45. The van der Waals surface area contributed by atoms with Gasteiger partial charge in [0.1, 0.15) is 17.2 Å². The summed E-state index contributed by atoms with van der Waals surface area (Å²) in [5, 5.41) is 0. The van der Waals surface area contributed by atoms with E-state index >= 15 is 0 Å². The third-order valence-electron chi connectivity index (χ3n) is 5.45. The molecule has 2 unspecified atom stereocenters. The molecule has 22 heavy (non-hydrogen) atoms. The number of halogens is 2.